The van der Waals surface area contributed by atoms with E-state index in [1.165, 1.54) is 0 Å². The summed E-state index contributed by atoms with van der Waals surface area (Å²) in [6.45, 7) is 8.55. The monoisotopic (exact) mass is 414 g/mol. The molecular formula is C23H34N4O3. The largest absolute Gasteiger partial charge is 0.436 e. The maximum absolute atomic E-state index is 13.0. The van der Waals surface area contributed by atoms with Crippen LogP contribution in [-0.4, -0.2) is 48.2 Å². The van der Waals surface area contributed by atoms with Crippen molar-refractivity contribution in [3.8, 4) is 6.07 Å². The highest BCUT2D eigenvalue weighted by atomic mass is 16.6. The molecule has 1 fully saturated rings. The van der Waals surface area contributed by atoms with Gasteiger partial charge in [-0.05, 0) is 50.3 Å². The number of nitrogens with zero attached hydrogens (tertiary/aromatic N) is 2. The number of likely N-dealkylation sites (N-methyl/N-ethyl adjacent to an activating group) is 1. The van der Waals surface area contributed by atoms with Gasteiger partial charge in [0.25, 0.3) is 5.91 Å². The van der Waals surface area contributed by atoms with Crippen LogP contribution in [-0.2, 0) is 16.1 Å². The third kappa shape index (κ3) is 7.34. The maximum Gasteiger partial charge on any atom is 0.408 e. The van der Waals surface area contributed by atoms with E-state index in [9.17, 15) is 14.9 Å². The average molecular weight is 415 g/mol. The van der Waals surface area contributed by atoms with Crippen molar-refractivity contribution in [2.75, 3.05) is 19.6 Å². The van der Waals surface area contributed by atoms with Crippen LogP contribution in [0.1, 0.15) is 52.0 Å². The average Bonchev–Trinajstić information content (AvgIpc) is 2.95. The van der Waals surface area contributed by atoms with E-state index in [1.807, 2.05) is 44.2 Å². The van der Waals surface area contributed by atoms with Crippen molar-refractivity contribution >= 4 is 12.0 Å². The van der Waals surface area contributed by atoms with Gasteiger partial charge >= 0.3 is 6.09 Å². The predicted octanol–water partition coefficient (Wildman–Crippen LogP) is 3.21. The van der Waals surface area contributed by atoms with Crippen molar-refractivity contribution in [1.29, 1.82) is 5.26 Å². The number of hydrogen-bond acceptors (Lipinski definition) is 5. The van der Waals surface area contributed by atoms with Crippen molar-refractivity contribution in [2.24, 2.45) is 5.92 Å². The van der Waals surface area contributed by atoms with Gasteiger partial charge in [0, 0.05) is 13.1 Å². The van der Waals surface area contributed by atoms with Crippen LogP contribution < -0.4 is 10.6 Å². The lowest BCUT2D eigenvalue weighted by Crippen LogP contribution is -2.57. The number of nitriles is 1. The molecule has 1 heterocycles. The van der Waals surface area contributed by atoms with Crippen LogP contribution in [0, 0.1) is 17.2 Å². The predicted molar refractivity (Wildman–Crippen MR) is 115 cm³/mol. The molecule has 7 nitrogen and oxygen atoms in total. The molecule has 0 aromatic heterocycles. The molecule has 1 aromatic rings. The van der Waals surface area contributed by atoms with E-state index in [2.05, 4.69) is 28.5 Å². The minimum atomic E-state index is -0.956. The number of likely N-dealkylation sites (tertiary alicyclic amines) is 1. The minimum absolute atomic E-state index is 0.155. The molecule has 0 aliphatic carbocycles. The van der Waals surface area contributed by atoms with Gasteiger partial charge in [0.2, 0.25) is 0 Å². The highest BCUT2D eigenvalue weighted by molar-refractivity contribution is 5.84. The highest BCUT2D eigenvalue weighted by Gasteiger charge is 2.38. The molecule has 0 bridgehead atoms. The zero-order valence-electron chi connectivity index (χ0n) is 18.3. The summed E-state index contributed by atoms with van der Waals surface area (Å²) < 4.78 is 5.48. The van der Waals surface area contributed by atoms with Crippen molar-refractivity contribution in [3.05, 3.63) is 35.9 Å². The van der Waals surface area contributed by atoms with Gasteiger partial charge in [0.05, 0.1) is 6.07 Å². The summed E-state index contributed by atoms with van der Waals surface area (Å²) in [6, 6.07) is 11.8. The summed E-state index contributed by atoms with van der Waals surface area (Å²) in [6.07, 6.45) is 1.29. The Bertz CT molecular complexity index is 732. The fraction of sp³-hybridized carbons (Fsp3) is 0.609. The van der Waals surface area contributed by atoms with Crippen molar-refractivity contribution in [3.63, 3.8) is 0 Å². The molecule has 1 aliphatic heterocycles. The number of rotatable bonds is 8. The van der Waals surface area contributed by atoms with E-state index >= 15 is 0 Å². The summed E-state index contributed by atoms with van der Waals surface area (Å²) in [4.78, 5) is 27.5. The Morgan fingerprint density at radius 2 is 2.00 bits per heavy atom. The minimum Gasteiger partial charge on any atom is -0.436 e. The standard InChI is InChI=1S/C23H34N4O3/c1-4-27-13-9-8-12-23(16-24,17-27)26-21(28)20(14-18(2)3)30-22(29)25-15-19-10-6-5-7-11-19/h5-7,10-11,18,20H,4,8-9,12-15,17H2,1-3H3,(H,25,29)(H,26,28). The Morgan fingerprint density at radius 3 is 2.63 bits per heavy atom. The van der Waals surface area contributed by atoms with E-state index in [0.717, 1.165) is 31.5 Å². The Labute approximate surface area is 179 Å². The summed E-state index contributed by atoms with van der Waals surface area (Å²) in [5.41, 5.74) is -0.0104. The normalized spacial score (nSPS) is 20.6. The number of amides is 2. The van der Waals surface area contributed by atoms with Crippen LogP contribution in [0.2, 0.25) is 0 Å². The molecule has 2 rings (SSSR count). The summed E-state index contributed by atoms with van der Waals surface area (Å²) in [5.74, 6) is -0.250. The van der Waals surface area contributed by atoms with Crippen LogP contribution in [0.4, 0.5) is 4.79 Å². The third-order valence-electron chi connectivity index (χ3n) is 5.35. The number of nitrogens with one attached hydrogen (secondary N) is 2. The van der Waals surface area contributed by atoms with Crippen LogP contribution in [0.5, 0.6) is 0 Å². The first-order valence-corrected chi connectivity index (χ1v) is 10.8. The zero-order valence-corrected chi connectivity index (χ0v) is 18.3. The second-order valence-corrected chi connectivity index (χ2v) is 8.37. The van der Waals surface area contributed by atoms with Gasteiger partial charge in [0.1, 0.15) is 5.54 Å². The van der Waals surface area contributed by atoms with Crippen LogP contribution in [0.3, 0.4) is 0 Å². The Hall–Kier alpha value is -2.59. The molecule has 1 saturated heterocycles. The maximum atomic E-state index is 13.0. The lowest BCUT2D eigenvalue weighted by atomic mass is 9.94. The van der Waals surface area contributed by atoms with Gasteiger partial charge in [-0.2, -0.15) is 5.26 Å². The lowest BCUT2D eigenvalue weighted by molar-refractivity contribution is -0.132. The number of carbonyl (C=O) groups excluding carboxylic acids is 2. The van der Waals surface area contributed by atoms with Gasteiger partial charge in [-0.25, -0.2) is 4.79 Å². The molecule has 164 valence electrons. The number of carbonyl (C=O) groups is 2. The third-order valence-corrected chi connectivity index (χ3v) is 5.35. The van der Waals surface area contributed by atoms with Crippen molar-refractivity contribution in [1.82, 2.24) is 15.5 Å². The topological polar surface area (TPSA) is 94.5 Å². The smallest absolute Gasteiger partial charge is 0.408 e. The van der Waals surface area contributed by atoms with Crippen molar-refractivity contribution in [2.45, 2.75) is 64.6 Å². The zero-order chi connectivity index (χ0) is 22.0. The van der Waals surface area contributed by atoms with E-state index < -0.39 is 23.6 Å². The highest BCUT2D eigenvalue weighted by Crippen LogP contribution is 2.21. The second kappa shape index (κ2) is 11.6. The van der Waals surface area contributed by atoms with E-state index in [-0.39, 0.29) is 5.92 Å². The summed E-state index contributed by atoms with van der Waals surface area (Å²) >= 11 is 0. The van der Waals surface area contributed by atoms with E-state index in [0.29, 0.717) is 25.9 Å². The molecule has 0 radical (unpaired) electrons. The quantitative estimate of drug-likeness (QED) is 0.681. The number of ether oxygens (including phenoxy) is 1. The molecule has 1 aromatic carbocycles. The Morgan fingerprint density at radius 1 is 1.27 bits per heavy atom. The summed E-state index contributed by atoms with van der Waals surface area (Å²) in [5, 5.41) is 15.5. The van der Waals surface area contributed by atoms with Crippen LogP contribution >= 0.6 is 0 Å². The first-order valence-electron chi connectivity index (χ1n) is 10.8. The first-order chi connectivity index (χ1) is 14.4. The Kier molecular flexibility index (Phi) is 9.13. The van der Waals surface area contributed by atoms with Crippen LogP contribution in [0.25, 0.3) is 0 Å². The SMILES string of the molecule is CCN1CCCCC(C#N)(NC(=O)C(CC(C)C)OC(=O)NCc2ccccc2)C1. The molecule has 1 aliphatic rings. The molecule has 7 heteroatoms. The first kappa shape index (κ1) is 23.7. The van der Waals surface area contributed by atoms with Crippen LogP contribution in [0.15, 0.2) is 30.3 Å². The fourth-order valence-electron chi connectivity index (χ4n) is 3.69. The molecule has 30 heavy (non-hydrogen) atoms. The number of hydrogen-bond donors (Lipinski definition) is 2. The number of alkyl carbamates (subject to hydrolysis) is 1. The second-order valence-electron chi connectivity index (χ2n) is 8.37. The van der Waals surface area contributed by atoms with E-state index in [4.69, 9.17) is 4.74 Å². The number of benzene rings is 1. The molecule has 0 spiro atoms. The molecule has 2 N–H and O–H groups in total. The van der Waals surface area contributed by atoms with Gasteiger partial charge in [-0.1, -0.05) is 51.1 Å². The molecule has 2 atom stereocenters. The van der Waals surface area contributed by atoms with Gasteiger partial charge < -0.3 is 20.3 Å². The van der Waals surface area contributed by atoms with E-state index in [1.54, 1.807) is 0 Å². The van der Waals surface area contributed by atoms with Gasteiger partial charge in [-0.3, -0.25) is 4.79 Å². The lowest BCUT2D eigenvalue weighted by Gasteiger charge is -2.32. The fourth-order valence-corrected chi connectivity index (χ4v) is 3.69. The molecule has 2 amide bonds. The van der Waals surface area contributed by atoms with Gasteiger partial charge in [0.15, 0.2) is 6.10 Å². The van der Waals surface area contributed by atoms with Gasteiger partial charge in [-0.15, -0.1) is 0 Å². The molecular weight excluding hydrogens is 380 g/mol. The van der Waals surface area contributed by atoms with Crippen molar-refractivity contribution < 1.29 is 14.3 Å². The summed E-state index contributed by atoms with van der Waals surface area (Å²) in [7, 11) is 0. The Balaban J connectivity index is 2.02. The molecule has 2 unspecified atom stereocenters. The molecule has 0 saturated carbocycles.